The smallest absolute Gasteiger partial charge is 0.287 e. The molecule has 3 aromatic rings. The highest BCUT2D eigenvalue weighted by Crippen LogP contribution is 2.28. The van der Waals surface area contributed by atoms with Gasteiger partial charge in [0.1, 0.15) is 10.0 Å². The number of hydrogen-bond donors (Lipinski definition) is 1. The lowest BCUT2D eigenvalue weighted by atomic mass is 10.2. The zero-order valence-electron chi connectivity index (χ0n) is 12.0. The third-order valence-electron chi connectivity index (χ3n) is 3.07. The minimum absolute atomic E-state index is 0.102. The fraction of sp³-hybridized carbons (Fsp3) is 0. The van der Waals surface area contributed by atoms with Gasteiger partial charge in [0.25, 0.3) is 11.6 Å². The summed E-state index contributed by atoms with van der Waals surface area (Å²) >= 11 is 7.03. The van der Waals surface area contributed by atoms with Crippen LogP contribution in [0.3, 0.4) is 0 Å². The van der Waals surface area contributed by atoms with Crippen LogP contribution >= 0.6 is 22.9 Å². The number of carbonyl (C=O) groups is 1. The number of halogens is 1. The standard InChI is InChI=1S/C15H9ClN4O3S/c16-11-8-10(6-7-12(11)20(22)23)13(21)17-15-19-18-14(24-15)9-4-2-1-3-5-9/h1-8H,(H,17,19,21). The molecule has 1 aromatic heterocycles. The average molecular weight is 361 g/mol. The first-order valence-electron chi connectivity index (χ1n) is 6.69. The van der Waals surface area contributed by atoms with Gasteiger partial charge in [-0.3, -0.25) is 20.2 Å². The minimum Gasteiger partial charge on any atom is -0.296 e. The van der Waals surface area contributed by atoms with E-state index in [-0.39, 0.29) is 16.3 Å². The molecule has 0 aliphatic heterocycles. The Morgan fingerprint density at radius 2 is 1.92 bits per heavy atom. The normalized spacial score (nSPS) is 10.4. The van der Waals surface area contributed by atoms with Crippen molar-refractivity contribution in [2.24, 2.45) is 0 Å². The molecule has 0 unspecified atom stereocenters. The molecule has 0 bridgehead atoms. The van der Waals surface area contributed by atoms with Gasteiger partial charge in [-0.2, -0.15) is 0 Å². The molecule has 24 heavy (non-hydrogen) atoms. The maximum absolute atomic E-state index is 12.2. The molecular formula is C15H9ClN4O3S. The van der Waals surface area contributed by atoms with E-state index in [0.717, 1.165) is 5.56 Å². The van der Waals surface area contributed by atoms with Crippen molar-refractivity contribution in [1.29, 1.82) is 0 Å². The SMILES string of the molecule is O=C(Nc1nnc(-c2ccccc2)s1)c1ccc([N+](=O)[O-])c(Cl)c1. The lowest BCUT2D eigenvalue weighted by Gasteiger charge is -2.02. The molecule has 1 amide bonds. The van der Waals surface area contributed by atoms with Crippen LogP contribution in [-0.2, 0) is 0 Å². The van der Waals surface area contributed by atoms with E-state index in [9.17, 15) is 14.9 Å². The number of nitrogens with zero attached hydrogens (tertiary/aromatic N) is 3. The number of nitro benzene ring substituents is 1. The Morgan fingerprint density at radius 3 is 2.58 bits per heavy atom. The first kappa shape index (κ1) is 16.0. The Hall–Kier alpha value is -2.84. The maximum atomic E-state index is 12.2. The van der Waals surface area contributed by atoms with Crippen molar-refractivity contribution in [1.82, 2.24) is 10.2 Å². The van der Waals surface area contributed by atoms with Crippen LogP contribution in [0.15, 0.2) is 48.5 Å². The summed E-state index contributed by atoms with van der Waals surface area (Å²) in [5, 5.41) is 22.2. The molecule has 0 spiro atoms. The monoisotopic (exact) mass is 360 g/mol. The molecule has 7 nitrogen and oxygen atoms in total. The van der Waals surface area contributed by atoms with Gasteiger partial charge in [-0.15, -0.1) is 10.2 Å². The highest BCUT2D eigenvalue weighted by atomic mass is 35.5. The molecule has 0 fully saturated rings. The number of aromatic nitrogens is 2. The minimum atomic E-state index is -0.610. The van der Waals surface area contributed by atoms with E-state index >= 15 is 0 Å². The number of anilines is 1. The number of nitrogens with one attached hydrogen (secondary N) is 1. The van der Waals surface area contributed by atoms with Gasteiger partial charge in [0.15, 0.2) is 0 Å². The van der Waals surface area contributed by atoms with Crippen LogP contribution in [0.25, 0.3) is 10.6 Å². The van der Waals surface area contributed by atoms with Gasteiger partial charge in [-0.25, -0.2) is 0 Å². The largest absolute Gasteiger partial charge is 0.296 e. The van der Waals surface area contributed by atoms with E-state index in [1.807, 2.05) is 30.3 Å². The summed E-state index contributed by atoms with van der Waals surface area (Å²) in [5.74, 6) is -0.470. The van der Waals surface area contributed by atoms with Crippen LogP contribution in [-0.4, -0.2) is 21.0 Å². The van der Waals surface area contributed by atoms with Crippen LogP contribution < -0.4 is 5.32 Å². The first-order valence-corrected chi connectivity index (χ1v) is 7.88. The second-order valence-electron chi connectivity index (χ2n) is 4.66. The van der Waals surface area contributed by atoms with Crippen LogP contribution in [0.4, 0.5) is 10.8 Å². The number of amides is 1. The molecule has 3 rings (SSSR count). The number of nitro groups is 1. The average Bonchev–Trinajstić information content (AvgIpc) is 3.03. The summed E-state index contributed by atoms with van der Waals surface area (Å²) in [5.41, 5.74) is 0.839. The van der Waals surface area contributed by atoms with Gasteiger partial charge in [-0.1, -0.05) is 53.3 Å². The van der Waals surface area contributed by atoms with Gasteiger partial charge in [0, 0.05) is 17.2 Å². The Morgan fingerprint density at radius 1 is 1.17 bits per heavy atom. The number of rotatable bonds is 4. The Balaban J connectivity index is 1.77. The third kappa shape index (κ3) is 3.39. The second-order valence-corrected chi connectivity index (χ2v) is 6.04. The molecule has 2 aromatic carbocycles. The number of carbonyl (C=O) groups excluding carboxylic acids is 1. The predicted octanol–water partition coefficient (Wildman–Crippen LogP) is 4.02. The summed E-state index contributed by atoms with van der Waals surface area (Å²) in [6.07, 6.45) is 0. The van der Waals surface area contributed by atoms with Gasteiger partial charge >= 0.3 is 0 Å². The van der Waals surface area contributed by atoms with E-state index in [0.29, 0.717) is 10.1 Å². The predicted molar refractivity (Wildman–Crippen MR) is 91.4 cm³/mol. The van der Waals surface area contributed by atoms with Crippen molar-refractivity contribution in [3.8, 4) is 10.6 Å². The van der Waals surface area contributed by atoms with Gasteiger partial charge < -0.3 is 0 Å². The van der Waals surface area contributed by atoms with Gasteiger partial charge in [0.05, 0.1) is 4.92 Å². The summed E-state index contributed by atoms with van der Waals surface area (Å²) in [6.45, 7) is 0. The van der Waals surface area contributed by atoms with Crippen LogP contribution in [0, 0.1) is 10.1 Å². The van der Waals surface area contributed by atoms with Crippen LogP contribution in [0.2, 0.25) is 5.02 Å². The molecule has 1 heterocycles. The summed E-state index contributed by atoms with van der Waals surface area (Å²) in [7, 11) is 0. The van der Waals surface area contributed by atoms with E-state index < -0.39 is 10.8 Å². The quantitative estimate of drug-likeness (QED) is 0.559. The van der Waals surface area contributed by atoms with Crippen molar-refractivity contribution in [2.75, 3.05) is 5.32 Å². The molecule has 1 N–H and O–H groups in total. The molecule has 0 saturated carbocycles. The molecule has 0 saturated heterocycles. The van der Waals surface area contributed by atoms with Crippen molar-refractivity contribution in [3.05, 3.63) is 69.2 Å². The number of hydrogen-bond acceptors (Lipinski definition) is 6. The van der Waals surface area contributed by atoms with E-state index in [4.69, 9.17) is 11.6 Å². The molecule has 0 atom stereocenters. The van der Waals surface area contributed by atoms with Crippen LogP contribution in [0.5, 0.6) is 0 Å². The molecule has 120 valence electrons. The zero-order chi connectivity index (χ0) is 17.1. The fourth-order valence-corrected chi connectivity index (χ4v) is 2.93. The third-order valence-corrected chi connectivity index (χ3v) is 4.26. The molecule has 9 heteroatoms. The maximum Gasteiger partial charge on any atom is 0.287 e. The second kappa shape index (κ2) is 6.73. The topological polar surface area (TPSA) is 98.0 Å². The van der Waals surface area contributed by atoms with Crippen molar-refractivity contribution in [2.45, 2.75) is 0 Å². The summed E-state index contributed by atoms with van der Waals surface area (Å²) in [4.78, 5) is 22.3. The molecule has 0 radical (unpaired) electrons. The number of benzene rings is 2. The zero-order valence-corrected chi connectivity index (χ0v) is 13.5. The summed E-state index contributed by atoms with van der Waals surface area (Å²) in [6, 6.07) is 13.2. The van der Waals surface area contributed by atoms with E-state index in [1.54, 1.807) is 0 Å². The van der Waals surface area contributed by atoms with Crippen molar-refractivity contribution in [3.63, 3.8) is 0 Å². The highest BCUT2D eigenvalue weighted by Gasteiger charge is 2.16. The Kier molecular flexibility index (Phi) is 4.50. The Labute approximate surface area is 145 Å². The molecule has 0 aliphatic carbocycles. The highest BCUT2D eigenvalue weighted by molar-refractivity contribution is 7.18. The lowest BCUT2D eigenvalue weighted by molar-refractivity contribution is -0.384. The Bertz CT molecular complexity index is 914. The van der Waals surface area contributed by atoms with Gasteiger partial charge in [0.2, 0.25) is 5.13 Å². The molecular weight excluding hydrogens is 352 g/mol. The van der Waals surface area contributed by atoms with Crippen molar-refractivity contribution < 1.29 is 9.72 Å². The van der Waals surface area contributed by atoms with Gasteiger partial charge in [-0.05, 0) is 12.1 Å². The lowest BCUT2D eigenvalue weighted by Crippen LogP contribution is -2.11. The van der Waals surface area contributed by atoms with E-state index in [1.165, 1.54) is 29.5 Å². The van der Waals surface area contributed by atoms with Crippen molar-refractivity contribution >= 4 is 39.7 Å². The first-order chi connectivity index (χ1) is 11.5. The van der Waals surface area contributed by atoms with Crippen LogP contribution in [0.1, 0.15) is 10.4 Å². The fourth-order valence-electron chi connectivity index (χ4n) is 1.94. The molecule has 0 aliphatic rings. The summed E-state index contributed by atoms with van der Waals surface area (Å²) < 4.78 is 0. The van der Waals surface area contributed by atoms with E-state index in [2.05, 4.69) is 15.5 Å².